The van der Waals surface area contributed by atoms with Gasteiger partial charge in [0, 0.05) is 30.3 Å². The van der Waals surface area contributed by atoms with Crippen LogP contribution >= 0.6 is 12.2 Å². The Bertz CT molecular complexity index is 926. The summed E-state index contributed by atoms with van der Waals surface area (Å²) in [7, 11) is 0. The highest BCUT2D eigenvalue weighted by Gasteiger charge is 2.46. The molecule has 0 spiro atoms. The van der Waals surface area contributed by atoms with Crippen LogP contribution in [0, 0.1) is 5.92 Å². The van der Waals surface area contributed by atoms with Crippen molar-refractivity contribution in [3.63, 3.8) is 0 Å². The number of amides is 1. The number of thiocarbonyl (C=S) groups is 1. The summed E-state index contributed by atoms with van der Waals surface area (Å²) in [6.45, 7) is -0.107. The molecule has 3 N–H and O–H groups in total. The molecule has 0 bridgehead atoms. The number of carbonyl (C=O) groups excluding carboxylic acids is 1. The number of alkyl halides is 3. The lowest BCUT2D eigenvalue weighted by Gasteiger charge is -2.45. The van der Waals surface area contributed by atoms with E-state index in [0.717, 1.165) is 0 Å². The highest BCUT2D eigenvalue weighted by Crippen LogP contribution is 2.41. The van der Waals surface area contributed by atoms with Crippen molar-refractivity contribution in [1.29, 1.82) is 0 Å². The van der Waals surface area contributed by atoms with Gasteiger partial charge in [-0.15, -0.1) is 13.2 Å². The highest BCUT2D eigenvalue weighted by atomic mass is 32.1. The van der Waals surface area contributed by atoms with Gasteiger partial charge in [0.05, 0.1) is 12.1 Å². The molecule has 166 valence electrons. The van der Waals surface area contributed by atoms with E-state index in [1.807, 2.05) is 0 Å². The Morgan fingerprint density at radius 1 is 1.19 bits per heavy atom. The van der Waals surface area contributed by atoms with E-state index in [9.17, 15) is 23.1 Å². The van der Waals surface area contributed by atoms with Crippen molar-refractivity contribution >= 4 is 23.2 Å². The fraction of sp³-hybridized carbons (Fsp3) is 0.333. The first-order chi connectivity index (χ1) is 14.7. The largest absolute Gasteiger partial charge is 0.573 e. The maximum absolute atomic E-state index is 13.0. The predicted octanol–water partition coefficient (Wildman–Crippen LogP) is 3.11. The average molecular weight is 454 g/mol. The van der Waals surface area contributed by atoms with Crippen LogP contribution in [0.1, 0.15) is 22.3 Å². The third-order valence-electron chi connectivity index (χ3n) is 5.05. The third kappa shape index (κ3) is 5.52. The Balaban J connectivity index is 1.94. The van der Waals surface area contributed by atoms with Gasteiger partial charge in [-0.05, 0) is 36.8 Å². The van der Waals surface area contributed by atoms with Crippen molar-refractivity contribution in [2.24, 2.45) is 5.92 Å². The minimum absolute atomic E-state index is 0.0855. The highest BCUT2D eigenvalue weighted by molar-refractivity contribution is 7.80. The number of halogens is 3. The van der Waals surface area contributed by atoms with Gasteiger partial charge < -0.3 is 19.9 Å². The molecule has 0 aromatic heterocycles. The zero-order chi connectivity index (χ0) is 22.5. The Morgan fingerprint density at radius 2 is 1.87 bits per heavy atom. The molecule has 0 radical (unpaired) electrons. The van der Waals surface area contributed by atoms with Gasteiger partial charge >= 0.3 is 6.36 Å². The molecule has 6 nitrogen and oxygen atoms in total. The second-order valence-electron chi connectivity index (χ2n) is 7.01. The van der Waals surface area contributed by atoms with Crippen molar-refractivity contribution < 1.29 is 32.5 Å². The van der Waals surface area contributed by atoms with Crippen LogP contribution < -0.4 is 15.4 Å². The third-order valence-corrected chi connectivity index (χ3v) is 5.25. The van der Waals surface area contributed by atoms with Crippen molar-refractivity contribution in [1.82, 2.24) is 10.6 Å². The maximum atomic E-state index is 13.0. The first-order valence-corrected chi connectivity index (χ1v) is 9.88. The van der Waals surface area contributed by atoms with E-state index in [0.29, 0.717) is 18.6 Å². The number of benzene rings is 2. The molecule has 1 aliphatic rings. The Morgan fingerprint density at radius 3 is 2.55 bits per heavy atom. The molecule has 2 atom stereocenters. The molecule has 1 heterocycles. The summed E-state index contributed by atoms with van der Waals surface area (Å²) >= 11 is 5.29. The molecule has 0 saturated carbocycles. The van der Waals surface area contributed by atoms with Crippen LogP contribution in [0.4, 0.5) is 13.2 Å². The van der Waals surface area contributed by atoms with Gasteiger partial charge in [-0.25, -0.2) is 0 Å². The van der Waals surface area contributed by atoms with Crippen LogP contribution in [0.15, 0.2) is 54.6 Å². The minimum Gasteiger partial charge on any atom is -0.405 e. The average Bonchev–Trinajstić information content (AvgIpc) is 2.73. The predicted molar refractivity (Wildman–Crippen MR) is 110 cm³/mol. The fourth-order valence-corrected chi connectivity index (χ4v) is 3.90. The van der Waals surface area contributed by atoms with E-state index in [4.69, 9.17) is 17.0 Å². The number of para-hydroxylation sites is 1. The van der Waals surface area contributed by atoms with Gasteiger partial charge in [0.15, 0.2) is 5.11 Å². The molecule has 1 amide bonds. The molecule has 10 heteroatoms. The van der Waals surface area contributed by atoms with Crippen molar-refractivity contribution in [2.45, 2.75) is 18.3 Å². The van der Waals surface area contributed by atoms with E-state index >= 15 is 0 Å². The van der Waals surface area contributed by atoms with Gasteiger partial charge in [-0.3, -0.25) is 10.1 Å². The normalized spacial score (nSPS) is 21.2. The Labute approximate surface area is 182 Å². The van der Waals surface area contributed by atoms with E-state index in [-0.39, 0.29) is 23.9 Å². The topological polar surface area (TPSA) is 79.8 Å². The lowest BCUT2D eigenvalue weighted by Crippen LogP contribution is -2.60. The van der Waals surface area contributed by atoms with E-state index in [2.05, 4.69) is 15.4 Å². The van der Waals surface area contributed by atoms with E-state index in [1.165, 1.54) is 18.2 Å². The van der Waals surface area contributed by atoms with Crippen molar-refractivity contribution in [3.05, 3.63) is 65.7 Å². The van der Waals surface area contributed by atoms with E-state index < -0.39 is 29.5 Å². The second-order valence-corrected chi connectivity index (χ2v) is 7.42. The lowest BCUT2D eigenvalue weighted by molar-refractivity contribution is -0.275. The molecule has 1 fully saturated rings. The number of aliphatic hydroxyl groups is 1. The SMILES string of the molecule is O=C(NC(=S)NC1(c2ccccc2OC(F)(F)F)COCCC1CO)c1ccccc1. The van der Waals surface area contributed by atoms with Gasteiger partial charge in [0.2, 0.25) is 0 Å². The minimum atomic E-state index is -4.91. The van der Waals surface area contributed by atoms with Crippen molar-refractivity contribution in [3.8, 4) is 5.75 Å². The maximum Gasteiger partial charge on any atom is 0.573 e. The fourth-order valence-electron chi connectivity index (χ4n) is 3.62. The summed E-state index contributed by atoms with van der Waals surface area (Å²) in [6, 6.07) is 13.9. The summed E-state index contributed by atoms with van der Waals surface area (Å²) in [5, 5.41) is 15.4. The number of rotatable bonds is 5. The zero-order valence-electron chi connectivity index (χ0n) is 16.3. The van der Waals surface area contributed by atoms with E-state index in [1.54, 1.807) is 36.4 Å². The smallest absolute Gasteiger partial charge is 0.405 e. The number of aliphatic hydroxyl groups excluding tert-OH is 1. The molecule has 2 aromatic rings. The summed E-state index contributed by atoms with van der Waals surface area (Å²) in [4.78, 5) is 12.5. The first-order valence-electron chi connectivity index (χ1n) is 9.47. The standard InChI is InChI=1S/C21H21F3N2O4S/c22-21(23,24)30-17-9-5-4-8-16(17)20(13-29-11-10-15(20)12-27)26-19(31)25-18(28)14-6-2-1-3-7-14/h1-9,15,27H,10-13H2,(H2,25,26,28,31). The van der Waals surface area contributed by atoms with Gasteiger partial charge in [-0.1, -0.05) is 36.4 Å². The molecule has 2 unspecified atom stereocenters. The van der Waals surface area contributed by atoms with Gasteiger partial charge in [0.25, 0.3) is 5.91 Å². The second kappa shape index (κ2) is 9.63. The van der Waals surface area contributed by atoms with Gasteiger partial charge in [-0.2, -0.15) is 0 Å². The monoisotopic (exact) mass is 454 g/mol. The Hall–Kier alpha value is -2.69. The van der Waals surface area contributed by atoms with Crippen LogP contribution in [0.25, 0.3) is 0 Å². The molecule has 31 heavy (non-hydrogen) atoms. The molecular weight excluding hydrogens is 433 g/mol. The van der Waals surface area contributed by atoms with Crippen molar-refractivity contribution in [2.75, 3.05) is 19.8 Å². The number of hydrogen-bond donors (Lipinski definition) is 3. The van der Waals surface area contributed by atoms with Crippen LogP contribution in [-0.2, 0) is 10.3 Å². The summed E-state index contributed by atoms with van der Waals surface area (Å²) < 4.78 is 48.8. The molecule has 1 aliphatic heterocycles. The summed E-state index contributed by atoms with van der Waals surface area (Å²) in [5.74, 6) is -1.47. The van der Waals surface area contributed by atoms with Crippen LogP contribution in [0.5, 0.6) is 5.75 Å². The number of ether oxygens (including phenoxy) is 2. The quantitative estimate of drug-likeness (QED) is 0.603. The lowest BCUT2D eigenvalue weighted by atomic mass is 9.75. The molecular formula is C21H21F3N2O4S. The summed E-state index contributed by atoms with van der Waals surface area (Å²) in [6.07, 6.45) is -4.55. The number of nitrogens with one attached hydrogen (secondary N) is 2. The summed E-state index contributed by atoms with van der Waals surface area (Å²) in [5.41, 5.74) is -0.877. The zero-order valence-corrected chi connectivity index (χ0v) is 17.1. The molecule has 2 aromatic carbocycles. The molecule has 3 rings (SSSR count). The first kappa shape index (κ1) is 23.0. The number of carbonyl (C=O) groups is 1. The Kier molecular flexibility index (Phi) is 7.14. The molecule has 0 aliphatic carbocycles. The number of hydrogen-bond acceptors (Lipinski definition) is 5. The molecule has 1 saturated heterocycles. The van der Waals surface area contributed by atoms with Gasteiger partial charge in [0.1, 0.15) is 5.75 Å². The van der Waals surface area contributed by atoms with Crippen LogP contribution in [-0.4, -0.2) is 42.3 Å². The van der Waals surface area contributed by atoms with Crippen LogP contribution in [0.2, 0.25) is 0 Å². The van der Waals surface area contributed by atoms with Crippen LogP contribution in [0.3, 0.4) is 0 Å².